The van der Waals surface area contributed by atoms with Gasteiger partial charge in [0.25, 0.3) is 0 Å². The van der Waals surface area contributed by atoms with Crippen LogP contribution in [0.4, 0.5) is 5.82 Å². The minimum atomic E-state index is 0.160. The Kier molecular flexibility index (Phi) is 4.63. The summed E-state index contributed by atoms with van der Waals surface area (Å²) >= 11 is 1.55. The summed E-state index contributed by atoms with van der Waals surface area (Å²) in [4.78, 5) is 24.5. The minimum Gasteiger partial charge on any atom is -0.356 e. The normalized spacial score (nSPS) is 16.5. The van der Waals surface area contributed by atoms with Gasteiger partial charge in [-0.3, -0.25) is 4.79 Å². The molecule has 0 aromatic carbocycles. The number of anilines is 1. The van der Waals surface area contributed by atoms with Gasteiger partial charge in [0.05, 0.1) is 0 Å². The summed E-state index contributed by atoms with van der Waals surface area (Å²) in [7, 11) is 3.65. The molecular weight excluding hydrogens is 260 g/mol. The second-order valence-electron chi connectivity index (χ2n) is 4.90. The Morgan fingerprint density at radius 2 is 2.11 bits per heavy atom. The number of thioether (sulfide) groups is 1. The lowest BCUT2D eigenvalue weighted by Crippen LogP contribution is -2.40. The van der Waals surface area contributed by atoms with Crippen molar-refractivity contribution in [2.24, 2.45) is 5.92 Å². The molecule has 0 spiro atoms. The molecular formula is C13H20N4OS. The summed E-state index contributed by atoms with van der Waals surface area (Å²) in [5, 5.41) is 0.795. The first-order chi connectivity index (χ1) is 9.11. The molecule has 1 aromatic rings. The number of hydrogen-bond donors (Lipinski definition) is 0. The quantitative estimate of drug-likeness (QED) is 0.620. The first-order valence-electron chi connectivity index (χ1n) is 6.45. The van der Waals surface area contributed by atoms with E-state index in [1.165, 1.54) is 0 Å². The third-order valence-electron chi connectivity index (χ3n) is 3.41. The van der Waals surface area contributed by atoms with Gasteiger partial charge in [-0.05, 0) is 25.2 Å². The van der Waals surface area contributed by atoms with E-state index in [1.807, 2.05) is 26.4 Å². The summed E-state index contributed by atoms with van der Waals surface area (Å²) in [5.74, 6) is 1.37. The monoisotopic (exact) mass is 280 g/mol. The van der Waals surface area contributed by atoms with Gasteiger partial charge in [-0.2, -0.15) is 0 Å². The van der Waals surface area contributed by atoms with E-state index < -0.39 is 0 Å². The van der Waals surface area contributed by atoms with E-state index in [0.29, 0.717) is 0 Å². The van der Waals surface area contributed by atoms with Crippen molar-refractivity contribution in [1.29, 1.82) is 0 Å². The average Bonchev–Trinajstić information content (AvgIpc) is 2.46. The smallest absolute Gasteiger partial charge is 0.225 e. The van der Waals surface area contributed by atoms with E-state index in [0.717, 1.165) is 36.9 Å². The van der Waals surface area contributed by atoms with Crippen molar-refractivity contribution in [3.05, 3.63) is 12.3 Å². The van der Waals surface area contributed by atoms with Crippen molar-refractivity contribution in [3.8, 4) is 0 Å². The fourth-order valence-electron chi connectivity index (χ4n) is 2.33. The number of carbonyl (C=O) groups excluding carboxylic acids is 1. The molecule has 1 fully saturated rings. The zero-order valence-corrected chi connectivity index (χ0v) is 12.5. The van der Waals surface area contributed by atoms with Gasteiger partial charge in [-0.1, -0.05) is 11.8 Å². The molecule has 2 heterocycles. The molecule has 19 heavy (non-hydrogen) atoms. The molecule has 1 amide bonds. The predicted molar refractivity (Wildman–Crippen MR) is 77.4 cm³/mol. The number of hydrogen-bond acceptors (Lipinski definition) is 5. The summed E-state index contributed by atoms with van der Waals surface area (Å²) < 4.78 is 0. The van der Waals surface area contributed by atoms with Crippen molar-refractivity contribution >= 4 is 23.5 Å². The molecule has 2 rings (SSSR count). The average molecular weight is 280 g/mol. The number of aromatic nitrogens is 2. The second-order valence-corrected chi connectivity index (χ2v) is 5.67. The van der Waals surface area contributed by atoms with E-state index in [-0.39, 0.29) is 11.8 Å². The van der Waals surface area contributed by atoms with Crippen molar-refractivity contribution < 1.29 is 4.79 Å². The highest BCUT2D eigenvalue weighted by atomic mass is 32.2. The Hall–Kier alpha value is -1.30. The van der Waals surface area contributed by atoms with Crippen molar-refractivity contribution in [3.63, 3.8) is 0 Å². The number of nitrogens with zero attached hydrogens (tertiary/aromatic N) is 4. The Labute approximate surface area is 118 Å². The summed E-state index contributed by atoms with van der Waals surface area (Å²) in [6.45, 7) is 1.77. The van der Waals surface area contributed by atoms with Crippen molar-refractivity contribution in [1.82, 2.24) is 14.9 Å². The Bertz CT molecular complexity index is 444. The Morgan fingerprint density at radius 1 is 1.42 bits per heavy atom. The maximum atomic E-state index is 11.9. The highest BCUT2D eigenvalue weighted by Crippen LogP contribution is 2.23. The highest BCUT2D eigenvalue weighted by Gasteiger charge is 2.26. The molecule has 0 saturated carbocycles. The molecule has 0 atom stereocenters. The zero-order chi connectivity index (χ0) is 13.8. The number of rotatable bonds is 3. The van der Waals surface area contributed by atoms with Gasteiger partial charge in [0.15, 0.2) is 5.16 Å². The summed E-state index contributed by atoms with van der Waals surface area (Å²) in [6, 6.07) is 1.94. The van der Waals surface area contributed by atoms with Crippen LogP contribution in [0.5, 0.6) is 0 Å². The molecule has 0 aliphatic carbocycles. The van der Waals surface area contributed by atoms with Crippen LogP contribution in [0.25, 0.3) is 0 Å². The summed E-state index contributed by atoms with van der Waals surface area (Å²) in [5.41, 5.74) is 0. The van der Waals surface area contributed by atoms with Crippen molar-refractivity contribution in [2.75, 3.05) is 38.3 Å². The van der Waals surface area contributed by atoms with Crippen LogP contribution in [0.2, 0.25) is 0 Å². The molecule has 0 bridgehead atoms. The second kappa shape index (κ2) is 6.23. The zero-order valence-electron chi connectivity index (χ0n) is 11.7. The minimum absolute atomic E-state index is 0.160. The third-order valence-corrected chi connectivity index (χ3v) is 3.97. The molecule has 104 valence electrons. The van der Waals surface area contributed by atoms with Crippen LogP contribution >= 0.6 is 11.8 Å². The van der Waals surface area contributed by atoms with Gasteiger partial charge in [0.2, 0.25) is 5.91 Å². The molecule has 5 nitrogen and oxygen atoms in total. The topological polar surface area (TPSA) is 49.3 Å². The van der Waals surface area contributed by atoms with Gasteiger partial charge in [-0.15, -0.1) is 0 Å². The first-order valence-corrected chi connectivity index (χ1v) is 7.67. The van der Waals surface area contributed by atoms with Crippen LogP contribution < -0.4 is 4.90 Å². The largest absolute Gasteiger partial charge is 0.356 e. The van der Waals surface area contributed by atoms with Crippen LogP contribution in [0.1, 0.15) is 12.8 Å². The lowest BCUT2D eigenvalue weighted by Gasteiger charge is -2.33. The van der Waals surface area contributed by atoms with Gasteiger partial charge < -0.3 is 9.80 Å². The maximum absolute atomic E-state index is 11.9. The fourth-order valence-corrected chi connectivity index (χ4v) is 2.68. The molecule has 0 N–H and O–H groups in total. The van der Waals surface area contributed by atoms with Crippen LogP contribution in [0.3, 0.4) is 0 Å². The molecule has 1 aliphatic heterocycles. The molecule has 1 saturated heterocycles. The first kappa shape index (κ1) is 14.1. The standard InChI is InChI=1S/C13H20N4OS/c1-16(2)12(18)10-5-8-17(9-6-10)11-4-7-14-13(15-11)19-3/h4,7,10H,5-6,8-9H2,1-3H3. The Balaban J connectivity index is 1.97. The fraction of sp³-hybridized carbons (Fsp3) is 0.615. The van der Waals surface area contributed by atoms with E-state index in [4.69, 9.17) is 0 Å². The van der Waals surface area contributed by atoms with Gasteiger partial charge in [0, 0.05) is 39.3 Å². The van der Waals surface area contributed by atoms with Crippen LogP contribution in [0.15, 0.2) is 17.4 Å². The Morgan fingerprint density at radius 3 is 2.68 bits per heavy atom. The van der Waals surface area contributed by atoms with Gasteiger partial charge >= 0.3 is 0 Å². The predicted octanol–water partition coefficient (Wildman–Crippen LogP) is 1.50. The van der Waals surface area contributed by atoms with Crippen LogP contribution in [-0.4, -0.2) is 54.2 Å². The molecule has 1 aromatic heterocycles. The van der Waals surface area contributed by atoms with E-state index in [1.54, 1.807) is 22.9 Å². The van der Waals surface area contributed by atoms with Gasteiger partial charge in [-0.25, -0.2) is 9.97 Å². The van der Waals surface area contributed by atoms with Crippen molar-refractivity contribution in [2.45, 2.75) is 18.0 Å². The maximum Gasteiger partial charge on any atom is 0.225 e. The molecule has 6 heteroatoms. The van der Waals surface area contributed by atoms with E-state index in [9.17, 15) is 4.79 Å². The van der Waals surface area contributed by atoms with Gasteiger partial charge in [0.1, 0.15) is 5.82 Å². The highest BCUT2D eigenvalue weighted by molar-refractivity contribution is 7.98. The summed E-state index contributed by atoms with van der Waals surface area (Å²) in [6.07, 6.45) is 5.57. The van der Waals surface area contributed by atoms with E-state index >= 15 is 0 Å². The van der Waals surface area contributed by atoms with Crippen LogP contribution in [-0.2, 0) is 4.79 Å². The molecule has 0 unspecified atom stereocenters. The SMILES string of the molecule is CSc1nccc(N2CCC(C(=O)N(C)C)CC2)n1. The third kappa shape index (κ3) is 3.37. The van der Waals surface area contributed by atoms with E-state index in [2.05, 4.69) is 14.9 Å². The molecule has 0 radical (unpaired) electrons. The number of piperidine rings is 1. The lowest BCUT2D eigenvalue weighted by molar-refractivity contribution is -0.133. The molecule has 1 aliphatic rings. The lowest BCUT2D eigenvalue weighted by atomic mass is 9.95. The number of carbonyl (C=O) groups is 1. The number of amides is 1. The van der Waals surface area contributed by atoms with Crippen LogP contribution in [0, 0.1) is 5.92 Å².